The lowest BCUT2D eigenvalue weighted by molar-refractivity contribution is 0.406. The van der Waals surface area contributed by atoms with Crippen LogP contribution in [0.4, 0.5) is 0 Å². The van der Waals surface area contributed by atoms with E-state index in [1.807, 2.05) is 31.3 Å². The number of benzene rings is 2. The Hall–Kier alpha value is -1.48. The van der Waals surface area contributed by atoms with Crippen LogP contribution < -0.4 is 10.1 Å². The zero-order valence-corrected chi connectivity index (χ0v) is 19.1. The number of hydrogen-bond acceptors (Lipinski definition) is 3. The number of nitrogens with zero attached hydrogens (tertiary/aromatic N) is 2. The number of aliphatic imine (C=N–C) groups is 1. The molecule has 0 fully saturated rings. The van der Waals surface area contributed by atoms with Gasteiger partial charge in [-0.05, 0) is 35.7 Å². The largest absolute Gasteiger partial charge is 0.508 e. The van der Waals surface area contributed by atoms with Crippen molar-refractivity contribution in [3.05, 3.63) is 58.1 Å². The van der Waals surface area contributed by atoms with Crippen molar-refractivity contribution in [3.8, 4) is 11.5 Å². The maximum atomic E-state index is 10.0. The van der Waals surface area contributed by atoms with E-state index in [2.05, 4.69) is 43.3 Å². The van der Waals surface area contributed by atoms with Crippen molar-refractivity contribution < 1.29 is 9.84 Å². The summed E-state index contributed by atoms with van der Waals surface area (Å²) in [6.07, 6.45) is 0.695. The number of ether oxygens (including phenoxy) is 1. The Morgan fingerprint density at radius 3 is 2.50 bits per heavy atom. The minimum atomic E-state index is 0. The maximum absolute atomic E-state index is 10.0. The molecule has 0 saturated carbocycles. The molecular formula is C19H25BrIN3O2. The van der Waals surface area contributed by atoms with Crippen LogP contribution in [0.2, 0.25) is 0 Å². The molecule has 0 radical (unpaired) electrons. The van der Waals surface area contributed by atoms with Crippen LogP contribution in [-0.2, 0) is 13.0 Å². The van der Waals surface area contributed by atoms with E-state index < -0.39 is 0 Å². The number of guanidine groups is 1. The van der Waals surface area contributed by atoms with Gasteiger partial charge in [-0.3, -0.25) is 4.99 Å². The summed E-state index contributed by atoms with van der Waals surface area (Å²) in [4.78, 5) is 6.39. The number of phenolic OH excluding ortho intramolecular Hbond substituents is 1. The Kier molecular flexibility index (Phi) is 9.79. The number of methoxy groups -OCH3 is 1. The van der Waals surface area contributed by atoms with Gasteiger partial charge >= 0.3 is 0 Å². The molecule has 142 valence electrons. The molecule has 0 spiro atoms. The third-order valence-corrected chi connectivity index (χ3v) is 4.40. The van der Waals surface area contributed by atoms with Crippen LogP contribution in [0, 0.1) is 0 Å². The Labute approximate surface area is 180 Å². The highest BCUT2D eigenvalue weighted by atomic mass is 127. The van der Waals surface area contributed by atoms with Gasteiger partial charge in [-0.2, -0.15) is 0 Å². The summed E-state index contributed by atoms with van der Waals surface area (Å²) in [6.45, 7) is 1.44. The predicted octanol–water partition coefficient (Wildman–Crippen LogP) is 4.03. The van der Waals surface area contributed by atoms with Crippen molar-refractivity contribution in [2.75, 3.05) is 27.7 Å². The topological polar surface area (TPSA) is 57.1 Å². The zero-order valence-electron chi connectivity index (χ0n) is 15.2. The number of aromatic hydroxyl groups is 1. The van der Waals surface area contributed by atoms with E-state index in [0.717, 1.165) is 22.5 Å². The fraction of sp³-hybridized carbons (Fsp3) is 0.316. The normalized spacial score (nSPS) is 10.8. The number of halogens is 2. The van der Waals surface area contributed by atoms with Gasteiger partial charge < -0.3 is 20.1 Å². The Balaban J connectivity index is 0.00000338. The smallest absolute Gasteiger partial charge is 0.193 e. The second-order valence-electron chi connectivity index (χ2n) is 5.70. The molecule has 26 heavy (non-hydrogen) atoms. The van der Waals surface area contributed by atoms with Crippen LogP contribution in [0.3, 0.4) is 0 Å². The van der Waals surface area contributed by atoms with Gasteiger partial charge in [0.2, 0.25) is 0 Å². The van der Waals surface area contributed by atoms with Crippen molar-refractivity contribution in [2.24, 2.45) is 4.99 Å². The van der Waals surface area contributed by atoms with Crippen LogP contribution in [0.15, 0.2) is 51.9 Å². The van der Waals surface area contributed by atoms with Crippen molar-refractivity contribution in [3.63, 3.8) is 0 Å². The van der Waals surface area contributed by atoms with Gasteiger partial charge in [-0.1, -0.05) is 34.1 Å². The lowest BCUT2D eigenvalue weighted by Gasteiger charge is -2.22. The van der Waals surface area contributed by atoms with Gasteiger partial charge in [0.05, 0.1) is 7.11 Å². The summed E-state index contributed by atoms with van der Waals surface area (Å²) in [6, 6.07) is 13.6. The minimum absolute atomic E-state index is 0. The molecule has 0 aliphatic rings. The van der Waals surface area contributed by atoms with E-state index in [4.69, 9.17) is 4.74 Å². The van der Waals surface area contributed by atoms with Gasteiger partial charge in [0.15, 0.2) is 5.96 Å². The fourth-order valence-electron chi connectivity index (χ4n) is 2.51. The summed E-state index contributed by atoms with van der Waals surface area (Å²) in [5, 5.41) is 13.3. The molecule has 0 heterocycles. The summed E-state index contributed by atoms with van der Waals surface area (Å²) < 4.78 is 6.17. The highest BCUT2D eigenvalue weighted by Gasteiger charge is 2.08. The average molecular weight is 534 g/mol. The summed E-state index contributed by atoms with van der Waals surface area (Å²) in [7, 11) is 5.36. The number of rotatable bonds is 6. The van der Waals surface area contributed by atoms with Gasteiger partial charge in [0.25, 0.3) is 0 Å². The fourth-order valence-corrected chi connectivity index (χ4v) is 2.78. The lowest BCUT2D eigenvalue weighted by atomic mass is 10.1. The van der Waals surface area contributed by atoms with Crippen molar-refractivity contribution >= 4 is 45.9 Å². The molecule has 0 aliphatic heterocycles. The molecule has 0 aliphatic carbocycles. The van der Waals surface area contributed by atoms with Gasteiger partial charge in [-0.25, -0.2) is 0 Å². The number of phenols is 1. The number of hydrogen-bond donors (Lipinski definition) is 2. The molecule has 2 rings (SSSR count). The quantitative estimate of drug-likeness (QED) is 0.334. The third kappa shape index (κ3) is 6.68. The molecule has 0 aromatic heterocycles. The molecule has 5 nitrogen and oxygen atoms in total. The number of nitrogens with one attached hydrogen (secondary N) is 1. The third-order valence-electron chi connectivity index (χ3n) is 3.88. The molecule has 0 unspecified atom stereocenters. The van der Waals surface area contributed by atoms with Crippen LogP contribution in [0.1, 0.15) is 11.1 Å². The van der Waals surface area contributed by atoms with E-state index in [0.29, 0.717) is 18.7 Å². The molecule has 0 atom stereocenters. The first-order valence-corrected chi connectivity index (χ1v) is 8.85. The van der Waals surface area contributed by atoms with Gasteiger partial charge in [-0.15, -0.1) is 24.0 Å². The maximum Gasteiger partial charge on any atom is 0.193 e. The predicted molar refractivity (Wildman–Crippen MR) is 121 cm³/mol. The highest BCUT2D eigenvalue weighted by molar-refractivity contribution is 14.0. The molecule has 0 saturated heterocycles. The lowest BCUT2D eigenvalue weighted by Crippen LogP contribution is -2.39. The molecule has 7 heteroatoms. The zero-order chi connectivity index (χ0) is 18.2. The van der Waals surface area contributed by atoms with Crippen molar-refractivity contribution in [1.82, 2.24) is 10.2 Å². The SMILES string of the molecule is CN=C(NCCc1ccc(OC)cc1O)N(C)Cc1ccc(Br)cc1.I. The van der Waals surface area contributed by atoms with Crippen molar-refractivity contribution in [2.45, 2.75) is 13.0 Å². The standard InChI is InChI=1S/C19H24BrN3O2.HI/c1-21-19(23(2)13-14-4-7-16(20)8-5-14)22-11-10-15-6-9-17(25-3)12-18(15)24;/h4-9,12,24H,10-11,13H2,1-3H3,(H,21,22);1H. The van der Waals surface area contributed by atoms with Crippen LogP contribution >= 0.6 is 39.9 Å². The van der Waals surface area contributed by atoms with Crippen molar-refractivity contribution in [1.29, 1.82) is 0 Å². The Bertz CT molecular complexity index is 723. The highest BCUT2D eigenvalue weighted by Crippen LogP contribution is 2.23. The van der Waals surface area contributed by atoms with Crippen LogP contribution in [0.25, 0.3) is 0 Å². The second kappa shape index (κ2) is 11.3. The van der Waals surface area contributed by atoms with E-state index in [9.17, 15) is 5.11 Å². The molecule has 0 amide bonds. The summed E-state index contributed by atoms with van der Waals surface area (Å²) >= 11 is 3.45. The van der Waals surface area contributed by atoms with E-state index >= 15 is 0 Å². The monoisotopic (exact) mass is 533 g/mol. The summed E-state index contributed by atoms with van der Waals surface area (Å²) in [5.74, 6) is 1.72. The first kappa shape index (κ1) is 22.6. The average Bonchev–Trinajstić information content (AvgIpc) is 2.61. The molecule has 2 aromatic carbocycles. The van der Waals surface area contributed by atoms with E-state index in [1.165, 1.54) is 5.56 Å². The summed E-state index contributed by atoms with van der Waals surface area (Å²) in [5.41, 5.74) is 2.08. The first-order valence-electron chi connectivity index (χ1n) is 8.05. The van der Waals surface area contributed by atoms with Gasteiger partial charge in [0.1, 0.15) is 11.5 Å². The van der Waals surface area contributed by atoms with E-state index in [-0.39, 0.29) is 29.7 Å². The minimum Gasteiger partial charge on any atom is -0.508 e. The second-order valence-corrected chi connectivity index (χ2v) is 6.62. The van der Waals surface area contributed by atoms with Crippen LogP contribution in [0.5, 0.6) is 11.5 Å². The molecule has 0 bridgehead atoms. The van der Waals surface area contributed by atoms with Crippen LogP contribution in [-0.4, -0.2) is 43.7 Å². The van der Waals surface area contributed by atoms with Gasteiger partial charge in [0, 0.05) is 37.7 Å². The molecular weight excluding hydrogens is 509 g/mol. The molecule has 2 N–H and O–H groups in total. The van der Waals surface area contributed by atoms with E-state index in [1.54, 1.807) is 20.2 Å². The Morgan fingerprint density at radius 1 is 1.23 bits per heavy atom. The molecule has 2 aromatic rings. The first-order chi connectivity index (χ1) is 12.0. The Morgan fingerprint density at radius 2 is 1.92 bits per heavy atom.